The zero-order chi connectivity index (χ0) is 5.82. The maximum absolute atomic E-state index is 8.24. The second kappa shape index (κ2) is 2.12. The molecule has 1 heterocycles. The summed E-state index contributed by atoms with van der Waals surface area (Å²) in [6.07, 6.45) is 7.03. The summed E-state index contributed by atoms with van der Waals surface area (Å²) in [6, 6.07) is 0. The molecular weight excluding hydrogens is 102 g/mol. The van der Waals surface area contributed by atoms with Crippen molar-refractivity contribution in [2.24, 2.45) is 4.99 Å². The first-order chi connectivity index (χ1) is 3.93. The summed E-state index contributed by atoms with van der Waals surface area (Å²) in [5.41, 5.74) is 0. The van der Waals surface area contributed by atoms with Crippen molar-refractivity contribution in [3.8, 4) is 6.19 Å². The van der Waals surface area contributed by atoms with Crippen molar-refractivity contribution in [2.75, 3.05) is 6.67 Å². The molecule has 0 aliphatic carbocycles. The van der Waals surface area contributed by atoms with Gasteiger partial charge >= 0.3 is 0 Å². The van der Waals surface area contributed by atoms with Crippen LogP contribution >= 0.6 is 0 Å². The lowest BCUT2D eigenvalue weighted by Gasteiger charge is -2.06. The van der Waals surface area contributed by atoms with Gasteiger partial charge in [0.05, 0.1) is 0 Å². The van der Waals surface area contributed by atoms with E-state index in [9.17, 15) is 0 Å². The highest BCUT2D eigenvalue weighted by Crippen LogP contribution is 1.90. The molecule has 8 heavy (non-hydrogen) atoms. The van der Waals surface area contributed by atoms with E-state index in [1.54, 1.807) is 18.5 Å². The Balaban J connectivity index is 2.55. The molecule has 0 spiro atoms. The second-order valence-electron chi connectivity index (χ2n) is 1.38. The minimum atomic E-state index is 0.465. The Morgan fingerprint density at radius 2 is 2.62 bits per heavy atom. The van der Waals surface area contributed by atoms with Crippen molar-refractivity contribution in [1.82, 2.24) is 4.90 Å². The van der Waals surface area contributed by atoms with Gasteiger partial charge in [-0.05, 0) is 6.08 Å². The lowest BCUT2D eigenvalue weighted by Crippen LogP contribution is -2.11. The maximum atomic E-state index is 8.24. The molecule has 0 aromatic heterocycles. The summed E-state index contributed by atoms with van der Waals surface area (Å²) in [7, 11) is 0. The number of nitrogens with zero attached hydrogens (tertiary/aromatic N) is 3. The van der Waals surface area contributed by atoms with E-state index in [4.69, 9.17) is 5.26 Å². The SMILES string of the molecule is N#CN1C=CC=NC1. The monoisotopic (exact) mass is 107 g/mol. The summed E-state index contributed by atoms with van der Waals surface area (Å²) >= 11 is 0. The molecule has 40 valence electrons. The Morgan fingerprint density at radius 3 is 3.00 bits per heavy atom. The van der Waals surface area contributed by atoms with Crippen molar-refractivity contribution in [1.29, 1.82) is 5.26 Å². The number of hydrogen-bond acceptors (Lipinski definition) is 3. The highest BCUT2D eigenvalue weighted by atomic mass is 15.2. The topological polar surface area (TPSA) is 39.4 Å². The number of hydrogen-bond donors (Lipinski definition) is 0. The second-order valence-corrected chi connectivity index (χ2v) is 1.38. The number of nitriles is 1. The fraction of sp³-hybridized carbons (Fsp3) is 0.200. The fourth-order valence-corrected chi connectivity index (χ4v) is 0.450. The number of aliphatic imine (C=N–C) groups is 1. The Kier molecular flexibility index (Phi) is 1.29. The first-order valence-corrected chi connectivity index (χ1v) is 2.26. The zero-order valence-electron chi connectivity index (χ0n) is 4.28. The van der Waals surface area contributed by atoms with Crippen LogP contribution in [0.2, 0.25) is 0 Å². The summed E-state index contributed by atoms with van der Waals surface area (Å²) in [5.74, 6) is 0. The summed E-state index contributed by atoms with van der Waals surface area (Å²) in [6.45, 7) is 0.465. The van der Waals surface area contributed by atoms with Crippen LogP contribution < -0.4 is 0 Å². The van der Waals surface area contributed by atoms with Gasteiger partial charge in [-0.15, -0.1) is 0 Å². The molecule has 3 nitrogen and oxygen atoms in total. The molecule has 0 aromatic rings. The van der Waals surface area contributed by atoms with Crippen LogP contribution in [0.3, 0.4) is 0 Å². The standard InChI is InChI=1S/C5H5N3/c6-4-8-3-1-2-7-5-8/h1-3H,5H2. The summed E-state index contributed by atoms with van der Waals surface area (Å²) < 4.78 is 0. The van der Waals surface area contributed by atoms with Gasteiger partial charge in [-0.2, -0.15) is 5.26 Å². The molecule has 0 radical (unpaired) electrons. The third-order valence-electron chi connectivity index (χ3n) is 0.820. The van der Waals surface area contributed by atoms with Crippen molar-refractivity contribution in [3.05, 3.63) is 12.3 Å². The van der Waals surface area contributed by atoms with E-state index < -0.39 is 0 Å². The maximum Gasteiger partial charge on any atom is 0.185 e. The molecular formula is C5H5N3. The van der Waals surface area contributed by atoms with Gasteiger partial charge in [0.2, 0.25) is 0 Å². The van der Waals surface area contributed by atoms with Gasteiger partial charge in [0.15, 0.2) is 6.19 Å². The molecule has 0 atom stereocenters. The predicted octanol–water partition coefficient (Wildman–Crippen LogP) is 0.325. The van der Waals surface area contributed by atoms with E-state index in [0.29, 0.717) is 6.67 Å². The zero-order valence-corrected chi connectivity index (χ0v) is 4.28. The Hall–Kier alpha value is -1.30. The molecule has 1 aliphatic heterocycles. The Labute approximate surface area is 47.6 Å². The third-order valence-corrected chi connectivity index (χ3v) is 0.820. The van der Waals surface area contributed by atoms with Gasteiger partial charge < -0.3 is 0 Å². The van der Waals surface area contributed by atoms with Gasteiger partial charge in [-0.3, -0.25) is 9.89 Å². The third kappa shape index (κ3) is 0.850. The van der Waals surface area contributed by atoms with Crippen LogP contribution in [0.1, 0.15) is 0 Å². The fourth-order valence-electron chi connectivity index (χ4n) is 0.450. The van der Waals surface area contributed by atoms with E-state index in [0.717, 1.165) is 0 Å². The van der Waals surface area contributed by atoms with Gasteiger partial charge in [-0.25, -0.2) is 0 Å². The summed E-state index contributed by atoms with van der Waals surface area (Å²) in [5, 5.41) is 8.24. The molecule has 3 heteroatoms. The lowest BCUT2D eigenvalue weighted by atomic mass is 10.6. The van der Waals surface area contributed by atoms with Crippen LogP contribution in [0, 0.1) is 11.5 Å². The Morgan fingerprint density at radius 1 is 1.75 bits per heavy atom. The van der Waals surface area contributed by atoms with Crippen molar-refractivity contribution in [2.45, 2.75) is 0 Å². The van der Waals surface area contributed by atoms with Gasteiger partial charge in [0, 0.05) is 12.4 Å². The van der Waals surface area contributed by atoms with Crippen molar-refractivity contribution in [3.63, 3.8) is 0 Å². The van der Waals surface area contributed by atoms with Crippen molar-refractivity contribution >= 4 is 6.21 Å². The smallest absolute Gasteiger partial charge is 0.185 e. The number of rotatable bonds is 0. The summed E-state index contributed by atoms with van der Waals surface area (Å²) in [4.78, 5) is 5.27. The first kappa shape index (κ1) is 4.85. The minimum absolute atomic E-state index is 0.465. The molecule has 0 amide bonds. The number of allylic oxidation sites excluding steroid dienone is 1. The van der Waals surface area contributed by atoms with Crippen LogP contribution in [0.5, 0.6) is 0 Å². The van der Waals surface area contributed by atoms with Crippen LogP contribution in [0.4, 0.5) is 0 Å². The molecule has 0 unspecified atom stereocenters. The van der Waals surface area contributed by atoms with E-state index in [1.165, 1.54) is 4.90 Å². The molecule has 1 rings (SSSR count). The van der Waals surface area contributed by atoms with Crippen LogP contribution in [0.15, 0.2) is 17.3 Å². The molecule has 0 saturated heterocycles. The van der Waals surface area contributed by atoms with Gasteiger partial charge in [-0.1, -0.05) is 0 Å². The molecule has 1 aliphatic rings. The normalized spacial score (nSPS) is 16.1. The van der Waals surface area contributed by atoms with Crippen LogP contribution in [-0.2, 0) is 0 Å². The molecule has 0 bridgehead atoms. The van der Waals surface area contributed by atoms with Crippen molar-refractivity contribution < 1.29 is 0 Å². The largest absolute Gasteiger partial charge is 0.271 e. The highest BCUT2D eigenvalue weighted by molar-refractivity contribution is 5.71. The van der Waals surface area contributed by atoms with E-state index in [2.05, 4.69) is 4.99 Å². The molecule has 0 N–H and O–H groups in total. The molecule has 0 aromatic carbocycles. The minimum Gasteiger partial charge on any atom is -0.271 e. The first-order valence-electron chi connectivity index (χ1n) is 2.26. The molecule has 0 fully saturated rings. The quantitative estimate of drug-likeness (QED) is 0.418. The highest BCUT2D eigenvalue weighted by Gasteiger charge is 1.93. The predicted molar refractivity (Wildman–Crippen MR) is 30.0 cm³/mol. The lowest BCUT2D eigenvalue weighted by molar-refractivity contribution is 0.539. The van der Waals surface area contributed by atoms with Crippen LogP contribution in [0.25, 0.3) is 0 Å². The van der Waals surface area contributed by atoms with Gasteiger partial charge in [0.25, 0.3) is 0 Å². The Bertz CT molecular complexity index is 163. The average Bonchev–Trinajstić information content (AvgIpc) is 1.90. The molecule has 0 saturated carbocycles. The van der Waals surface area contributed by atoms with E-state index in [1.807, 2.05) is 6.19 Å². The van der Waals surface area contributed by atoms with E-state index >= 15 is 0 Å². The average molecular weight is 107 g/mol. The van der Waals surface area contributed by atoms with Gasteiger partial charge in [0.1, 0.15) is 6.67 Å². The van der Waals surface area contributed by atoms with Crippen LogP contribution in [-0.4, -0.2) is 17.8 Å². The van der Waals surface area contributed by atoms with E-state index in [-0.39, 0.29) is 0 Å².